The van der Waals surface area contributed by atoms with Crippen molar-refractivity contribution in [2.24, 2.45) is 5.73 Å². The molecule has 0 aromatic heterocycles. The van der Waals surface area contributed by atoms with E-state index in [9.17, 15) is 5.11 Å². The Morgan fingerprint density at radius 3 is 2.13 bits per heavy atom. The molecule has 0 atom stereocenters. The van der Waals surface area contributed by atoms with Crippen molar-refractivity contribution in [3.8, 4) is 0 Å². The van der Waals surface area contributed by atoms with Crippen molar-refractivity contribution in [3.63, 3.8) is 0 Å². The van der Waals surface area contributed by atoms with Gasteiger partial charge in [0.05, 0.1) is 5.60 Å². The molecule has 0 bridgehead atoms. The maximum atomic E-state index is 9.82. The lowest BCUT2D eigenvalue weighted by Gasteiger charge is -2.26. The summed E-state index contributed by atoms with van der Waals surface area (Å²) in [4.78, 5) is 0. The lowest BCUT2D eigenvalue weighted by atomic mass is 9.86. The van der Waals surface area contributed by atoms with Crippen LogP contribution in [0.1, 0.15) is 38.8 Å². The third kappa shape index (κ3) is 3.65. The molecule has 3 N–H and O–H groups in total. The number of rotatable bonds is 3. The van der Waals surface area contributed by atoms with Gasteiger partial charge in [-0.25, -0.2) is 0 Å². The zero-order chi connectivity index (χ0) is 11.7. The van der Waals surface area contributed by atoms with Crippen LogP contribution in [0.15, 0.2) is 24.3 Å². The maximum Gasteiger partial charge on any atom is 0.0632 e. The van der Waals surface area contributed by atoms with E-state index in [4.69, 9.17) is 5.73 Å². The summed E-state index contributed by atoms with van der Waals surface area (Å²) in [6, 6.07) is 8.02. The van der Waals surface area contributed by atoms with Crippen molar-refractivity contribution >= 4 is 0 Å². The average molecular weight is 207 g/mol. The van der Waals surface area contributed by atoms with Gasteiger partial charge in [0.15, 0.2) is 0 Å². The molecule has 0 spiro atoms. The summed E-state index contributed by atoms with van der Waals surface area (Å²) >= 11 is 0. The minimum absolute atomic E-state index is 0.359. The molecule has 0 saturated heterocycles. The fraction of sp³-hybridized carbons (Fsp3) is 0.538. The molecule has 0 amide bonds. The molecule has 1 rings (SSSR count). The molecule has 0 fully saturated rings. The van der Waals surface area contributed by atoms with Gasteiger partial charge in [-0.1, -0.05) is 24.3 Å². The van der Waals surface area contributed by atoms with Crippen LogP contribution in [0.25, 0.3) is 0 Å². The van der Waals surface area contributed by atoms with Crippen LogP contribution in [0.5, 0.6) is 0 Å². The molecule has 0 radical (unpaired) electrons. The Labute approximate surface area is 92.1 Å². The molecule has 1 aromatic carbocycles. The molecule has 0 aliphatic heterocycles. The van der Waals surface area contributed by atoms with Gasteiger partial charge >= 0.3 is 0 Å². The Morgan fingerprint density at radius 1 is 1.13 bits per heavy atom. The van der Waals surface area contributed by atoms with E-state index in [1.807, 2.05) is 52.0 Å². The smallest absolute Gasteiger partial charge is 0.0632 e. The first-order valence-corrected chi connectivity index (χ1v) is 5.30. The SMILES string of the molecule is CC(C)(O)Cc1ccccc1C(C)(C)N. The number of benzene rings is 1. The first kappa shape index (κ1) is 12.2. The van der Waals surface area contributed by atoms with E-state index in [0.29, 0.717) is 6.42 Å². The lowest BCUT2D eigenvalue weighted by Crippen LogP contribution is -2.32. The summed E-state index contributed by atoms with van der Waals surface area (Å²) in [5, 5.41) is 9.82. The van der Waals surface area contributed by atoms with Gasteiger partial charge in [-0.05, 0) is 38.8 Å². The minimum Gasteiger partial charge on any atom is -0.390 e. The summed E-state index contributed by atoms with van der Waals surface area (Å²) < 4.78 is 0. The Hall–Kier alpha value is -0.860. The summed E-state index contributed by atoms with van der Waals surface area (Å²) in [7, 11) is 0. The molecule has 0 heterocycles. The third-order valence-electron chi connectivity index (χ3n) is 2.33. The normalized spacial score (nSPS) is 12.9. The van der Waals surface area contributed by atoms with E-state index in [1.54, 1.807) is 0 Å². The van der Waals surface area contributed by atoms with E-state index < -0.39 is 5.60 Å². The molecule has 15 heavy (non-hydrogen) atoms. The molecule has 0 unspecified atom stereocenters. The number of nitrogens with two attached hydrogens (primary N) is 1. The molecule has 2 nitrogen and oxygen atoms in total. The Balaban J connectivity index is 3.08. The average Bonchev–Trinajstić information content (AvgIpc) is 1.99. The van der Waals surface area contributed by atoms with Gasteiger partial charge in [0, 0.05) is 12.0 Å². The van der Waals surface area contributed by atoms with Crippen molar-refractivity contribution in [1.29, 1.82) is 0 Å². The van der Waals surface area contributed by atoms with Crippen molar-refractivity contribution in [3.05, 3.63) is 35.4 Å². The molecular formula is C13H21NO. The molecule has 0 aliphatic rings. The number of hydrogen-bond donors (Lipinski definition) is 2. The highest BCUT2D eigenvalue weighted by atomic mass is 16.3. The second kappa shape index (κ2) is 3.95. The number of hydrogen-bond acceptors (Lipinski definition) is 2. The lowest BCUT2D eigenvalue weighted by molar-refractivity contribution is 0.0805. The summed E-state index contributed by atoms with van der Waals surface area (Å²) in [5.41, 5.74) is 7.27. The fourth-order valence-corrected chi connectivity index (χ4v) is 1.77. The van der Waals surface area contributed by atoms with E-state index in [1.165, 1.54) is 0 Å². The Kier molecular flexibility index (Phi) is 3.22. The molecule has 0 aliphatic carbocycles. The van der Waals surface area contributed by atoms with E-state index in [2.05, 4.69) is 0 Å². The zero-order valence-corrected chi connectivity index (χ0v) is 10.0. The predicted octanol–water partition coefficient (Wildman–Crippen LogP) is 2.19. The largest absolute Gasteiger partial charge is 0.390 e. The zero-order valence-electron chi connectivity index (χ0n) is 10.0. The van der Waals surface area contributed by atoms with E-state index >= 15 is 0 Å². The van der Waals surface area contributed by atoms with Gasteiger partial charge < -0.3 is 10.8 Å². The van der Waals surface area contributed by atoms with Gasteiger partial charge in [0.25, 0.3) is 0 Å². The highest BCUT2D eigenvalue weighted by molar-refractivity contribution is 5.33. The summed E-state index contributed by atoms with van der Waals surface area (Å²) in [6.07, 6.45) is 0.629. The van der Waals surface area contributed by atoms with Crippen LogP contribution in [0, 0.1) is 0 Å². The van der Waals surface area contributed by atoms with Crippen molar-refractivity contribution < 1.29 is 5.11 Å². The summed E-state index contributed by atoms with van der Waals surface area (Å²) in [5.74, 6) is 0. The van der Waals surface area contributed by atoms with Crippen molar-refractivity contribution in [2.45, 2.75) is 45.3 Å². The topological polar surface area (TPSA) is 46.2 Å². The molecule has 0 saturated carbocycles. The number of aliphatic hydroxyl groups is 1. The van der Waals surface area contributed by atoms with Crippen LogP contribution in [-0.4, -0.2) is 10.7 Å². The van der Waals surface area contributed by atoms with Crippen LogP contribution in [-0.2, 0) is 12.0 Å². The minimum atomic E-state index is -0.693. The third-order valence-corrected chi connectivity index (χ3v) is 2.33. The van der Waals surface area contributed by atoms with E-state index in [0.717, 1.165) is 11.1 Å². The predicted molar refractivity (Wildman–Crippen MR) is 63.7 cm³/mol. The van der Waals surface area contributed by atoms with Crippen molar-refractivity contribution in [2.75, 3.05) is 0 Å². The van der Waals surface area contributed by atoms with Crippen LogP contribution in [0.3, 0.4) is 0 Å². The molecule has 2 heteroatoms. The van der Waals surface area contributed by atoms with Gasteiger partial charge in [-0.3, -0.25) is 0 Å². The quantitative estimate of drug-likeness (QED) is 0.798. The maximum absolute atomic E-state index is 9.82. The highest BCUT2D eigenvalue weighted by Crippen LogP contribution is 2.24. The molecular weight excluding hydrogens is 186 g/mol. The van der Waals surface area contributed by atoms with Gasteiger partial charge in [0.1, 0.15) is 0 Å². The van der Waals surface area contributed by atoms with Crippen LogP contribution >= 0.6 is 0 Å². The molecule has 84 valence electrons. The molecule has 1 aromatic rings. The highest BCUT2D eigenvalue weighted by Gasteiger charge is 2.21. The Morgan fingerprint density at radius 2 is 1.67 bits per heavy atom. The van der Waals surface area contributed by atoms with Crippen molar-refractivity contribution in [1.82, 2.24) is 0 Å². The van der Waals surface area contributed by atoms with Gasteiger partial charge in [0.2, 0.25) is 0 Å². The van der Waals surface area contributed by atoms with Crippen LogP contribution in [0.4, 0.5) is 0 Å². The van der Waals surface area contributed by atoms with Gasteiger partial charge in [-0.15, -0.1) is 0 Å². The first-order chi connectivity index (χ1) is 6.70. The Bertz CT molecular complexity index is 331. The van der Waals surface area contributed by atoms with E-state index in [-0.39, 0.29) is 5.54 Å². The summed E-state index contributed by atoms with van der Waals surface area (Å²) in [6.45, 7) is 7.59. The standard InChI is InChI=1S/C13H21NO/c1-12(2,15)9-10-7-5-6-8-11(10)13(3,4)14/h5-8,15H,9,14H2,1-4H3. The van der Waals surface area contributed by atoms with Gasteiger partial charge in [-0.2, -0.15) is 0 Å². The fourth-order valence-electron chi connectivity index (χ4n) is 1.77. The van der Waals surface area contributed by atoms with Crippen LogP contribution < -0.4 is 5.73 Å². The van der Waals surface area contributed by atoms with Crippen LogP contribution in [0.2, 0.25) is 0 Å². The second-order valence-electron chi connectivity index (χ2n) is 5.37. The second-order valence-corrected chi connectivity index (χ2v) is 5.37. The monoisotopic (exact) mass is 207 g/mol. The first-order valence-electron chi connectivity index (χ1n) is 5.30.